The molecule has 8 aromatic rings. The predicted molar refractivity (Wildman–Crippen MR) is 183 cm³/mol. The Morgan fingerprint density at radius 2 is 0.812 bits per heavy atom. The monoisotopic (exact) mass is 668 g/mol. The van der Waals surface area contributed by atoms with Gasteiger partial charge in [0.1, 0.15) is 11.4 Å². The summed E-state index contributed by atoms with van der Waals surface area (Å²) in [6.07, 6.45) is 0. The van der Waals surface area contributed by atoms with Crippen molar-refractivity contribution >= 4 is 44.0 Å². The molecular formula is C34H24N10O2S2. The second-order valence-electron chi connectivity index (χ2n) is 10.3. The van der Waals surface area contributed by atoms with Crippen LogP contribution in [0.2, 0.25) is 0 Å². The molecule has 0 spiro atoms. The van der Waals surface area contributed by atoms with Gasteiger partial charge in [0.2, 0.25) is 9.92 Å². The zero-order chi connectivity index (χ0) is 32.1. The van der Waals surface area contributed by atoms with E-state index < -0.39 is 0 Å². The van der Waals surface area contributed by atoms with Crippen molar-refractivity contribution in [3.8, 4) is 10.0 Å². The van der Waals surface area contributed by atoms with Crippen LogP contribution in [0.15, 0.2) is 132 Å². The van der Waals surface area contributed by atoms with Gasteiger partial charge in [-0.25, -0.2) is 0 Å². The first-order valence-electron chi connectivity index (χ1n) is 14.8. The SMILES string of the molecule is c1ccc(C(=NOCc2nnc3sc(-c4nn5c(CON=C(c6ccccc6)c6ccccc6)nnc5s4)nn23)c2ccccc2)cc1. The molecular weight excluding hydrogens is 645 g/mol. The van der Waals surface area contributed by atoms with Gasteiger partial charge < -0.3 is 9.68 Å². The second kappa shape index (κ2) is 13.3. The molecule has 0 radical (unpaired) electrons. The lowest BCUT2D eigenvalue weighted by Crippen LogP contribution is -2.05. The summed E-state index contributed by atoms with van der Waals surface area (Å²) >= 11 is 2.73. The minimum atomic E-state index is 0.0779. The Morgan fingerprint density at radius 3 is 1.15 bits per heavy atom. The molecule has 4 aromatic heterocycles. The number of nitrogens with zero attached hydrogens (tertiary/aromatic N) is 10. The highest BCUT2D eigenvalue weighted by Crippen LogP contribution is 2.29. The van der Waals surface area contributed by atoms with Gasteiger partial charge in [0.25, 0.3) is 0 Å². The topological polar surface area (TPSA) is 129 Å². The molecule has 0 unspecified atom stereocenters. The van der Waals surface area contributed by atoms with Crippen LogP contribution in [0.25, 0.3) is 19.9 Å². The molecule has 14 heteroatoms. The molecule has 0 atom stereocenters. The van der Waals surface area contributed by atoms with Crippen molar-refractivity contribution in [3.05, 3.63) is 155 Å². The molecule has 12 nitrogen and oxygen atoms in total. The summed E-state index contributed by atoms with van der Waals surface area (Å²) in [4.78, 5) is 12.8. The van der Waals surface area contributed by atoms with E-state index in [1.54, 1.807) is 9.03 Å². The van der Waals surface area contributed by atoms with Gasteiger partial charge in [-0.05, 0) is 0 Å². The molecule has 0 aliphatic rings. The average molecular weight is 669 g/mol. The molecule has 0 aliphatic heterocycles. The number of aromatic nitrogens is 8. The van der Waals surface area contributed by atoms with Crippen LogP contribution in [0, 0.1) is 0 Å². The highest BCUT2D eigenvalue weighted by molar-refractivity contribution is 7.26. The number of hydrogen-bond acceptors (Lipinski definition) is 12. The average Bonchev–Trinajstić information content (AvgIpc) is 3.93. The van der Waals surface area contributed by atoms with Crippen LogP contribution >= 0.6 is 22.7 Å². The lowest BCUT2D eigenvalue weighted by atomic mass is 10.0. The first kappa shape index (κ1) is 29.3. The summed E-state index contributed by atoms with van der Waals surface area (Å²) in [7, 11) is 0. The van der Waals surface area contributed by atoms with E-state index in [9.17, 15) is 0 Å². The van der Waals surface area contributed by atoms with Crippen LogP contribution in [-0.4, -0.2) is 51.0 Å². The molecule has 234 valence electrons. The molecule has 0 saturated carbocycles. The Kier molecular flexibility index (Phi) is 8.13. The summed E-state index contributed by atoms with van der Waals surface area (Å²) in [5.41, 5.74) is 5.21. The van der Waals surface area contributed by atoms with E-state index in [2.05, 4.69) is 30.7 Å². The van der Waals surface area contributed by atoms with Crippen molar-refractivity contribution < 1.29 is 9.68 Å². The van der Waals surface area contributed by atoms with Crippen LogP contribution in [0.4, 0.5) is 0 Å². The summed E-state index contributed by atoms with van der Waals surface area (Å²) in [6, 6.07) is 39.6. The third-order valence-electron chi connectivity index (χ3n) is 7.18. The second-order valence-corrected chi connectivity index (χ2v) is 12.2. The zero-order valence-electron chi connectivity index (χ0n) is 25.1. The molecule has 0 saturated heterocycles. The van der Waals surface area contributed by atoms with Gasteiger partial charge in [0.05, 0.1) is 0 Å². The third kappa shape index (κ3) is 6.04. The van der Waals surface area contributed by atoms with E-state index in [1.807, 2.05) is 121 Å². The van der Waals surface area contributed by atoms with Crippen LogP contribution in [-0.2, 0) is 22.9 Å². The molecule has 8 rings (SSSR count). The predicted octanol–water partition coefficient (Wildman–Crippen LogP) is 6.29. The Balaban J connectivity index is 1.00. The quantitative estimate of drug-likeness (QED) is 0.116. The van der Waals surface area contributed by atoms with Gasteiger partial charge in [0.15, 0.2) is 34.9 Å². The highest BCUT2D eigenvalue weighted by Gasteiger charge is 2.20. The van der Waals surface area contributed by atoms with Crippen LogP contribution < -0.4 is 0 Å². The van der Waals surface area contributed by atoms with Gasteiger partial charge in [-0.3, -0.25) is 0 Å². The highest BCUT2D eigenvalue weighted by atomic mass is 32.1. The molecule has 0 N–H and O–H groups in total. The molecule has 0 bridgehead atoms. The van der Waals surface area contributed by atoms with Crippen molar-refractivity contribution in [3.63, 3.8) is 0 Å². The van der Waals surface area contributed by atoms with E-state index in [0.29, 0.717) is 31.6 Å². The maximum absolute atomic E-state index is 5.80. The van der Waals surface area contributed by atoms with Gasteiger partial charge in [-0.1, -0.05) is 154 Å². The van der Waals surface area contributed by atoms with Crippen LogP contribution in [0.5, 0.6) is 0 Å². The number of benzene rings is 4. The number of fused-ring (bicyclic) bond motifs is 2. The Morgan fingerprint density at radius 1 is 0.479 bits per heavy atom. The fourth-order valence-electron chi connectivity index (χ4n) is 4.91. The first-order valence-corrected chi connectivity index (χ1v) is 16.5. The Bertz CT molecular complexity index is 2100. The molecule has 0 fully saturated rings. The number of rotatable bonds is 11. The molecule has 48 heavy (non-hydrogen) atoms. The van der Waals surface area contributed by atoms with Gasteiger partial charge in [-0.2, -0.15) is 9.03 Å². The number of oxime groups is 2. The van der Waals surface area contributed by atoms with Crippen molar-refractivity contribution in [2.24, 2.45) is 10.3 Å². The van der Waals surface area contributed by atoms with Gasteiger partial charge in [-0.15, -0.1) is 30.6 Å². The summed E-state index contributed by atoms with van der Waals surface area (Å²) in [5, 5.41) is 36.8. The maximum Gasteiger partial charge on any atom is 0.235 e. The fourth-order valence-corrected chi connectivity index (χ4v) is 6.63. The van der Waals surface area contributed by atoms with E-state index in [0.717, 1.165) is 33.7 Å². The fraction of sp³-hybridized carbons (Fsp3) is 0.0588. The number of hydrogen-bond donors (Lipinski definition) is 0. The van der Waals surface area contributed by atoms with Crippen molar-refractivity contribution in [2.45, 2.75) is 13.2 Å². The van der Waals surface area contributed by atoms with Crippen molar-refractivity contribution in [1.29, 1.82) is 0 Å². The normalized spacial score (nSPS) is 11.1. The molecule has 0 amide bonds. The minimum absolute atomic E-state index is 0.0779. The van der Waals surface area contributed by atoms with E-state index in [4.69, 9.17) is 19.9 Å². The van der Waals surface area contributed by atoms with Gasteiger partial charge in [0, 0.05) is 22.3 Å². The smallest absolute Gasteiger partial charge is 0.235 e. The van der Waals surface area contributed by atoms with Crippen molar-refractivity contribution in [1.82, 2.24) is 39.6 Å². The maximum atomic E-state index is 5.80. The summed E-state index contributed by atoms with van der Waals surface area (Å²) in [5.74, 6) is 1.03. The van der Waals surface area contributed by atoms with E-state index >= 15 is 0 Å². The van der Waals surface area contributed by atoms with Gasteiger partial charge >= 0.3 is 0 Å². The zero-order valence-corrected chi connectivity index (χ0v) is 26.7. The largest absolute Gasteiger partial charge is 0.387 e. The molecule has 0 aliphatic carbocycles. The van der Waals surface area contributed by atoms with E-state index in [-0.39, 0.29) is 13.2 Å². The lowest BCUT2D eigenvalue weighted by molar-refractivity contribution is 0.123. The van der Waals surface area contributed by atoms with Crippen LogP contribution in [0.3, 0.4) is 0 Å². The standard InChI is InChI=1S/C34H24N10O2S2/c1-5-13-23(14-6-1)29(24-15-7-2-8-16-24)41-45-21-27-35-37-33-43(27)39-31(47-33)32-40-44-28(36-38-34(44)48-32)22-46-42-30(25-17-9-3-10-18-25)26-19-11-4-12-20-26/h1-20H,21-22H2. The molecule has 4 heterocycles. The third-order valence-corrected chi connectivity index (χ3v) is 9.12. The lowest BCUT2D eigenvalue weighted by Gasteiger charge is -2.07. The summed E-state index contributed by atoms with van der Waals surface area (Å²) < 4.78 is 3.30. The summed E-state index contributed by atoms with van der Waals surface area (Å²) in [6.45, 7) is 0.156. The van der Waals surface area contributed by atoms with E-state index in [1.165, 1.54) is 22.7 Å². The van der Waals surface area contributed by atoms with Crippen molar-refractivity contribution in [2.75, 3.05) is 0 Å². The Hall–Kier alpha value is -6.12. The molecule has 4 aromatic carbocycles. The van der Waals surface area contributed by atoms with Crippen LogP contribution in [0.1, 0.15) is 33.9 Å². The first-order chi connectivity index (χ1) is 23.8. The Labute approximate surface area is 281 Å². The minimum Gasteiger partial charge on any atom is -0.387 e.